The minimum Gasteiger partial charge on any atom is -0.353 e. The topological polar surface area (TPSA) is 66.5 Å². The Morgan fingerprint density at radius 2 is 1.75 bits per heavy atom. The monoisotopic (exact) mass is 354 g/mol. The van der Waals surface area contributed by atoms with Crippen molar-refractivity contribution in [3.63, 3.8) is 0 Å². The van der Waals surface area contributed by atoms with Gasteiger partial charge in [-0.2, -0.15) is 4.31 Å². The summed E-state index contributed by atoms with van der Waals surface area (Å²) in [5, 5.41) is 3.05. The van der Waals surface area contributed by atoms with E-state index in [1.165, 1.54) is 29.3 Å². The van der Waals surface area contributed by atoms with E-state index in [2.05, 4.69) is 5.32 Å². The smallest absolute Gasteiger partial charge is 0.243 e. The summed E-state index contributed by atoms with van der Waals surface area (Å²) in [6.45, 7) is 2.66. The van der Waals surface area contributed by atoms with Crippen molar-refractivity contribution in [3.05, 3.63) is 30.1 Å². The molecule has 1 atom stereocenters. The van der Waals surface area contributed by atoms with Crippen LogP contribution in [0.4, 0.5) is 4.39 Å². The largest absolute Gasteiger partial charge is 0.353 e. The molecule has 0 spiro atoms. The van der Waals surface area contributed by atoms with Gasteiger partial charge in [0, 0.05) is 25.0 Å². The third kappa shape index (κ3) is 3.78. The molecule has 0 aromatic heterocycles. The fraction of sp³-hybridized carbons (Fsp3) is 0.588. The fourth-order valence-corrected chi connectivity index (χ4v) is 4.64. The standard InChI is InChI=1S/C17H23FN2O3S/c1-12(13-2-3-13)19-17(21)14-8-10-20(11-9-14)24(22,23)16-6-4-15(18)5-7-16/h4-7,12-14H,2-3,8-11H2,1H3,(H,19,21)/t12-/m1/s1. The summed E-state index contributed by atoms with van der Waals surface area (Å²) < 4.78 is 39.5. The van der Waals surface area contributed by atoms with Crippen molar-refractivity contribution >= 4 is 15.9 Å². The maximum atomic E-state index is 13.0. The Morgan fingerprint density at radius 1 is 1.17 bits per heavy atom. The molecule has 0 bridgehead atoms. The number of rotatable bonds is 5. The molecule has 7 heteroatoms. The highest BCUT2D eigenvalue weighted by Crippen LogP contribution is 2.32. The van der Waals surface area contributed by atoms with Gasteiger partial charge in [0.05, 0.1) is 4.90 Å². The molecule has 132 valence electrons. The number of nitrogens with one attached hydrogen (secondary N) is 1. The van der Waals surface area contributed by atoms with E-state index in [-0.39, 0.29) is 22.8 Å². The van der Waals surface area contributed by atoms with Gasteiger partial charge in [0.25, 0.3) is 0 Å². The zero-order chi connectivity index (χ0) is 17.3. The highest BCUT2D eigenvalue weighted by molar-refractivity contribution is 7.89. The fourth-order valence-electron chi connectivity index (χ4n) is 3.17. The molecule has 3 rings (SSSR count). The summed E-state index contributed by atoms with van der Waals surface area (Å²) in [5.41, 5.74) is 0. The van der Waals surface area contributed by atoms with Crippen molar-refractivity contribution in [1.29, 1.82) is 0 Å². The molecule has 0 unspecified atom stereocenters. The normalized spacial score (nSPS) is 21.4. The quantitative estimate of drug-likeness (QED) is 0.881. The number of halogens is 1. The van der Waals surface area contributed by atoms with E-state index >= 15 is 0 Å². The number of hydrogen-bond acceptors (Lipinski definition) is 3. The molecule has 1 N–H and O–H groups in total. The maximum absolute atomic E-state index is 13.0. The van der Waals surface area contributed by atoms with E-state index < -0.39 is 15.8 Å². The minimum absolute atomic E-state index is 0.0354. The molecule has 2 fully saturated rings. The van der Waals surface area contributed by atoms with E-state index in [0.29, 0.717) is 31.8 Å². The Hall–Kier alpha value is -1.47. The zero-order valence-corrected chi connectivity index (χ0v) is 14.6. The number of benzene rings is 1. The van der Waals surface area contributed by atoms with Gasteiger partial charge in [0.15, 0.2) is 0 Å². The molecule has 1 aromatic rings. The van der Waals surface area contributed by atoms with Crippen LogP contribution >= 0.6 is 0 Å². The summed E-state index contributed by atoms with van der Waals surface area (Å²) in [7, 11) is -3.62. The van der Waals surface area contributed by atoms with Crippen LogP contribution in [0.1, 0.15) is 32.6 Å². The molecule has 1 amide bonds. The molecule has 1 saturated heterocycles. The summed E-state index contributed by atoms with van der Waals surface area (Å²) in [4.78, 5) is 12.4. The van der Waals surface area contributed by atoms with Crippen LogP contribution < -0.4 is 5.32 Å². The molecular formula is C17H23FN2O3S. The summed E-state index contributed by atoms with van der Waals surface area (Å²) in [6.07, 6.45) is 3.39. The Morgan fingerprint density at radius 3 is 2.29 bits per heavy atom. The second-order valence-electron chi connectivity index (χ2n) is 6.77. The van der Waals surface area contributed by atoms with Crippen molar-refractivity contribution in [2.75, 3.05) is 13.1 Å². The van der Waals surface area contributed by atoms with Gasteiger partial charge in [0.1, 0.15) is 5.82 Å². The summed E-state index contributed by atoms with van der Waals surface area (Å²) in [6, 6.07) is 5.05. The lowest BCUT2D eigenvalue weighted by atomic mass is 9.96. The average Bonchev–Trinajstić information content (AvgIpc) is 3.40. The van der Waals surface area contributed by atoms with Gasteiger partial charge >= 0.3 is 0 Å². The number of carbonyl (C=O) groups is 1. The molecule has 5 nitrogen and oxygen atoms in total. The highest BCUT2D eigenvalue weighted by atomic mass is 32.2. The SMILES string of the molecule is C[C@@H](NC(=O)C1CCN(S(=O)(=O)c2ccc(F)cc2)CC1)C1CC1. The molecule has 24 heavy (non-hydrogen) atoms. The predicted octanol–water partition coefficient (Wildman–Crippen LogP) is 2.14. The molecule has 1 aliphatic heterocycles. The Kier molecular flexibility index (Phi) is 4.92. The first kappa shape index (κ1) is 17.4. The lowest BCUT2D eigenvalue weighted by Gasteiger charge is -2.31. The van der Waals surface area contributed by atoms with E-state index in [1.54, 1.807) is 0 Å². The number of amides is 1. The van der Waals surface area contributed by atoms with Crippen molar-refractivity contribution < 1.29 is 17.6 Å². The van der Waals surface area contributed by atoms with Crippen LogP contribution in [0.5, 0.6) is 0 Å². The van der Waals surface area contributed by atoms with Crippen LogP contribution in [-0.2, 0) is 14.8 Å². The van der Waals surface area contributed by atoms with Crippen molar-refractivity contribution in [3.8, 4) is 0 Å². The summed E-state index contributed by atoms with van der Waals surface area (Å²) >= 11 is 0. The van der Waals surface area contributed by atoms with E-state index in [4.69, 9.17) is 0 Å². The van der Waals surface area contributed by atoms with Gasteiger partial charge in [-0.3, -0.25) is 4.79 Å². The molecule has 1 aliphatic carbocycles. The van der Waals surface area contributed by atoms with E-state index in [9.17, 15) is 17.6 Å². The highest BCUT2D eigenvalue weighted by Gasteiger charge is 2.34. The van der Waals surface area contributed by atoms with Crippen molar-refractivity contribution in [2.45, 2.75) is 43.5 Å². The number of carbonyl (C=O) groups excluding carboxylic acids is 1. The zero-order valence-electron chi connectivity index (χ0n) is 13.7. The second-order valence-corrected chi connectivity index (χ2v) is 8.70. The minimum atomic E-state index is -3.62. The third-order valence-corrected chi connectivity index (χ3v) is 6.89. The predicted molar refractivity (Wildman–Crippen MR) is 88.2 cm³/mol. The molecule has 1 aromatic carbocycles. The first-order chi connectivity index (χ1) is 11.4. The number of piperidine rings is 1. The first-order valence-electron chi connectivity index (χ1n) is 8.44. The van der Waals surface area contributed by atoms with Crippen molar-refractivity contribution in [2.24, 2.45) is 11.8 Å². The Bertz CT molecular complexity index is 693. The molecular weight excluding hydrogens is 331 g/mol. The molecule has 1 saturated carbocycles. The van der Waals surface area contributed by atoms with Gasteiger partial charge in [-0.25, -0.2) is 12.8 Å². The maximum Gasteiger partial charge on any atom is 0.243 e. The first-order valence-corrected chi connectivity index (χ1v) is 9.88. The number of sulfonamides is 1. The van der Waals surface area contributed by atoms with Crippen LogP contribution in [0.2, 0.25) is 0 Å². The van der Waals surface area contributed by atoms with Gasteiger partial charge in [-0.1, -0.05) is 0 Å². The molecule has 2 aliphatic rings. The van der Waals surface area contributed by atoms with Gasteiger partial charge < -0.3 is 5.32 Å². The second kappa shape index (κ2) is 6.80. The lowest BCUT2D eigenvalue weighted by molar-refractivity contribution is -0.126. The van der Waals surface area contributed by atoms with Gasteiger partial charge in [0.2, 0.25) is 15.9 Å². The number of hydrogen-bond donors (Lipinski definition) is 1. The van der Waals surface area contributed by atoms with Gasteiger partial charge in [-0.15, -0.1) is 0 Å². The van der Waals surface area contributed by atoms with Crippen LogP contribution in [0.25, 0.3) is 0 Å². The number of nitrogens with zero attached hydrogens (tertiary/aromatic N) is 1. The Labute approximate surface area is 142 Å². The molecule has 1 heterocycles. The molecule has 0 radical (unpaired) electrons. The average molecular weight is 354 g/mol. The van der Waals surface area contributed by atoms with Crippen LogP contribution in [-0.4, -0.2) is 37.8 Å². The van der Waals surface area contributed by atoms with Gasteiger partial charge in [-0.05, 0) is 62.8 Å². The van der Waals surface area contributed by atoms with Crippen LogP contribution in [0, 0.1) is 17.7 Å². The van der Waals surface area contributed by atoms with E-state index in [1.807, 2.05) is 6.92 Å². The lowest BCUT2D eigenvalue weighted by Crippen LogP contribution is -2.45. The van der Waals surface area contributed by atoms with Crippen molar-refractivity contribution in [1.82, 2.24) is 9.62 Å². The third-order valence-electron chi connectivity index (χ3n) is 4.98. The van der Waals surface area contributed by atoms with Crippen LogP contribution in [0.3, 0.4) is 0 Å². The van der Waals surface area contributed by atoms with E-state index in [0.717, 1.165) is 12.1 Å². The summed E-state index contributed by atoms with van der Waals surface area (Å²) in [5.74, 6) is 0.0427. The van der Waals surface area contributed by atoms with Crippen LogP contribution in [0.15, 0.2) is 29.2 Å². The Balaban J connectivity index is 1.57.